The second kappa shape index (κ2) is 4.06. The smallest absolute Gasteiger partial charge is 0.0534 e. The molecule has 0 spiro atoms. The molecule has 0 saturated heterocycles. The maximum Gasteiger partial charge on any atom is 0.0534 e. The third-order valence-electron chi connectivity index (χ3n) is 4.22. The molecule has 0 aromatic rings. The fourth-order valence-electron chi connectivity index (χ4n) is 2.42. The van der Waals surface area contributed by atoms with E-state index in [1.54, 1.807) is 0 Å². The van der Waals surface area contributed by atoms with Gasteiger partial charge in [-0.1, -0.05) is 6.42 Å². The molecule has 1 N–H and O–H groups in total. The molecule has 0 atom stereocenters. The monoisotopic (exact) mass is 209 g/mol. The maximum absolute atomic E-state index is 5.88. The molecular weight excluding hydrogens is 186 g/mol. The topological polar surface area (TPSA) is 21.3 Å². The molecule has 0 radical (unpaired) electrons. The van der Waals surface area contributed by atoms with Crippen LogP contribution in [0.3, 0.4) is 0 Å². The van der Waals surface area contributed by atoms with Crippen LogP contribution in [0.25, 0.3) is 0 Å². The Morgan fingerprint density at radius 3 is 2.47 bits per heavy atom. The van der Waals surface area contributed by atoms with Crippen molar-refractivity contribution in [3.05, 3.63) is 0 Å². The van der Waals surface area contributed by atoms with Gasteiger partial charge in [0.15, 0.2) is 0 Å². The summed E-state index contributed by atoms with van der Waals surface area (Å²) in [6.07, 6.45) is 9.81. The van der Waals surface area contributed by atoms with Crippen molar-refractivity contribution in [3.63, 3.8) is 0 Å². The summed E-state index contributed by atoms with van der Waals surface area (Å²) >= 11 is 0. The molecule has 0 amide bonds. The fourth-order valence-corrected chi connectivity index (χ4v) is 2.42. The largest absolute Gasteiger partial charge is 0.381 e. The molecular formula is C13H23NO. The Morgan fingerprint density at radius 1 is 1.13 bits per heavy atom. The van der Waals surface area contributed by atoms with Crippen molar-refractivity contribution in [3.8, 4) is 0 Å². The molecule has 0 bridgehead atoms. The lowest BCUT2D eigenvalue weighted by Gasteiger charge is -2.42. The van der Waals surface area contributed by atoms with Crippen LogP contribution in [0.4, 0.5) is 0 Å². The Labute approximate surface area is 92.8 Å². The van der Waals surface area contributed by atoms with E-state index in [1.807, 2.05) is 0 Å². The van der Waals surface area contributed by atoms with Crippen molar-refractivity contribution in [2.45, 2.75) is 51.0 Å². The second-order valence-corrected chi connectivity index (χ2v) is 5.97. The zero-order valence-electron chi connectivity index (χ0n) is 9.63. The lowest BCUT2D eigenvalue weighted by molar-refractivity contribution is -0.00937. The van der Waals surface area contributed by atoms with E-state index in [9.17, 15) is 0 Å². The van der Waals surface area contributed by atoms with E-state index < -0.39 is 0 Å². The zero-order valence-corrected chi connectivity index (χ0v) is 9.63. The molecule has 15 heavy (non-hydrogen) atoms. The summed E-state index contributed by atoms with van der Waals surface area (Å²) in [6.45, 7) is 3.26. The number of hydrogen-bond donors (Lipinski definition) is 1. The first-order valence-corrected chi connectivity index (χ1v) is 6.68. The number of nitrogens with one attached hydrogen (secondary N) is 1. The maximum atomic E-state index is 5.88. The lowest BCUT2D eigenvalue weighted by atomic mass is 9.69. The van der Waals surface area contributed by atoms with Crippen molar-refractivity contribution >= 4 is 0 Å². The molecule has 0 aliphatic heterocycles. The van der Waals surface area contributed by atoms with Crippen molar-refractivity contribution < 1.29 is 4.74 Å². The van der Waals surface area contributed by atoms with E-state index in [0.717, 1.165) is 25.2 Å². The third-order valence-corrected chi connectivity index (χ3v) is 4.22. The SMILES string of the molecule is C1CC(CNC2CC2)(COCC2CC2)C1. The minimum atomic E-state index is 0.525. The molecule has 2 heteroatoms. The van der Waals surface area contributed by atoms with E-state index in [4.69, 9.17) is 4.74 Å². The van der Waals surface area contributed by atoms with Gasteiger partial charge in [0.1, 0.15) is 0 Å². The third kappa shape index (κ3) is 2.73. The summed E-state index contributed by atoms with van der Waals surface area (Å²) < 4.78 is 5.88. The van der Waals surface area contributed by atoms with Gasteiger partial charge in [0.25, 0.3) is 0 Å². The Hall–Kier alpha value is -0.0800. The van der Waals surface area contributed by atoms with Gasteiger partial charge >= 0.3 is 0 Å². The van der Waals surface area contributed by atoms with Crippen LogP contribution < -0.4 is 5.32 Å². The van der Waals surface area contributed by atoms with E-state index >= 15 is 0 Å². The van der Waals surface area contributed by atoms with Crippen LogP contribution in [-0.4, -0.2) is 25.8 Å². The number of ether oxygens (including phenoxy) is 1. The zero-order chi connectivity index (χ0) is 10.1. The Morgan fingerprint density at radius 2 is 1.93 bits per heavy atom. The summed E-state index contributed by atoms with van der Waals surface area (Å²) in [4.78, 5) is 0. The van der Waals surface area contributed by atoms with Gasteiger partial charge in [0, 0.05) is 24.6 Å². The minimum Gasteiger partial charge on any atom is -0.381 e. The van der Waals surface area contributed by atoms with Crippen molar-refractivity contribution in [1.29, 1.82) is 0 Å². The number of rotatable bonds is 7. The first-order valence-electron chi connectivity index (χ1n) is 6.68. The van der Waals surface area contributed by atoms with Crippen LogP contribution in [0.5, 0.6) is 0 Å². The standard InChI is InChI=1S/C13H23NO/c1-6-13(7-1,9-14-12-4-5-12)10-15-8-11-2-3-11/h11-12,14H,1-10H2. The molecule has 2 nitrogen and oxygen atoms in total. The molecule has 0 heterocycles. The molecule has 0 aromatic carbocycles. The molecule has 3 saturated carbocycles. The van der Waals surface area contributed by atoms with Crippen molar-refractivity contribution in [2.24, 2.45) is 11.3 Å². The predicted molar refractivity (Wildman–Crippen MR) is 60.9 cm³/mol. The summed E-state index contributed by atoms with van der Waals surface area (Å²) in [5.74, 6) is 0.915. The molecule has 3 aliphatic rings. The highest BCUT2D eigenvalue weighted by Crippen LogP contribution is 2.41. The van der Waals surface area contributed by atoms with Crippen molar-refractivity contribution in [1.82, 2.24) is 5.32 Å². The normalized spacial score (nSPS) is 28.8. The van der Waals surface area contributed by atoms with E-state index in [2.05, 4.69) is 5.32 Å². The van der Waals surface area contributed by atoms with Gasteiger partial charge in [-0.15, -0.1) is 0 Å². The van der Waals surface area contributed by atoms with Gasteiger partial charge in [-0.3, -0.25) is 0 Å². The first-order chi connectivity index (χ1) is 7.36. The van der Waals surface area contributed by atoms with E-state index in [1.165, 1.54) is 51.5 Å². The van der Waals surface area contributed by atoms with Gasteiger partial charge < -0.3 is 10.1 Å². The van der Waals surface area contributed by atoms with Gasteiger partial charge in [0.05, 0.1) is 6.61 Å². The average molecular weight is 209 g/mol. The molecule has 3 aliphatic carbocycles. The summed E-state index contributed by atoms with van der Waals surface area (Å²) in [6, 6.07) is 0.853. The molecule has 0 aromatic heterocycles. The van der Waals surface area contributed by atoms with Crippen LogP contribution >= 0.6 is 0 Å². The van der Waals surface area contributed by atoms with Crippen molar-refractivity contribution in [2.75, 3.05) is 19.8 Å². The van der Waals surface area contributed by atoms with E-state index in [-0.39, 0.29) is 0 Å². The van der Waals surface area contributed by atoms with E-state index in [0.29, 0.717) is 5.41 Å². The summed E-state index contributed by atoms with van der Waals surface area (Å²) in [5.41, 5.74) is 0.525. The van der Waals surface area contributed by atoms with Crippen LogP contribution in [0, 0.1) is 11.3 Å². The average Bonchev–Trinajstić information content (AvgIpc) is 2.99. The highest BCUT2D eigenvalue weighted by molar-refractivity contribution is 4.93. The van der Waals surface area contributed by atoms with Crippen LogP contribution in [0.1, 0.15) is 44.9 Å². The second-order valence-electron chi connectivity index (χ2n) is 5.97. The van der Waals surface area contributed by atoms with Gasteiger partial charge in [-0.25, -0.2) is 0 Å². The Bertz CT molecular complexity index is 217. The molecule has 86 valence electrons. The fraction of sp³-hybridized carbons (Fsp3) is 1.00. The summed E-state index contributed by atoms with van der Waals surface area (Å²) in [7, 11) is 0. The predicted octanol–water partition coefficient (Wildman–Crippen LogP) is 2.34. The van der Waals surface area contributed by atoms with Gasteiger partial charge in [-0.05, 0) is 44.4 Å². The molecule has 0 unspecified atom stereocenters. The van der Waals surface area contributed by atoms with Crippen LogP contribution in [0.15, 0.2) is 0 Å². The summed E-state index contributed by atoms with van der Waals surface area (Å²) in [5, 5.41) is 3.67. The molecule has 3 rings (SSSR count). The Balaban J connectivity index is 1.37. The van der Waals surface area contributed by atoms with Gasteiger partial charge in [0.2, 0.25) is 0 Å². The Kier molecular flexibility index (Phi) is 2.73. The van der Waals surface area contributed by atoms with Gasteiger partial charge in [-0.2, -0.15) is 0 Å². The number of hydrogen-bond acceptors (Lipinski definition) is 2. The highest BCUT2D eigenvalue weighted by Gasteiger charge is 2.38. The van der Waals surface area contributed by atoms with Crippen LogP contribution in [0.2, 0.25) is 0 Å². The minimum absolute atomic E-state index is 0.525. The van der Waals surface area contributed by atoms with Crippen LogP contribution in [-0.2, 0) is 4.74 Å². The highest BCUT2D eigenvalue weighted by atomic mass is 16.5. The quantitative estimate of drug-likeness (QED) is 0.695. The first kappa shape index (κ1) is 10.1. The lowest BCUT2D eigenvalue weighted by Crippen LogP contribution is -2.44. The molecule has 3 fully saturated rings.